The van der Waals surface area contributed by atoms with E-state index in [0.29, 0.717) is 25.0 Å². The molecule has 0 radical (unpaired) electrons. The van der Waals surface area contributed by atoms with Crippen molar-refractivity contribution in [3.63, 3.8) is 0 Å². The molecule has 0 aliphatic heterocycles. The summed E-state index contributed by atoms with van der Waals surface area (Å²) in [4.78, 5) is 0. The average molecular weight is 304 g/mol. The lowest BCUT2D eigenvalue weighted by Gasteiger charge is -2.23. The van der Waals surface area contributed by atoms with Crippen LogP contribution >= 0.6 is 0 Å². The van der Waals surface area contributed by atoms with Crippen LogP contribution in [-0.2, 0) is 9.47 Å². The summed E-state index contributed by atoms with van der Waals surface area (Å²) < 4.78 is 38.0. The molecular weight excluding hydrogens is 274 g/mol. The second-order valence-electron chi connectivity index (χ2n) is 5.30. The van der Waals surface area contributed by atoms with Crippen molar-refractivity contribution in [3.05, 3.63) is 23.2 Å². The molecule has 0 heterocycles. The number of ether oxygens (including phenoxy) is 2. The topological polar surface area (TPSA) is 18.5 Å². The van der Waals surface area contributed by atoms with E-state index < -0.39 is 18.7 Å². The van der Waals surface area contributed by atoms with Crippen molar-refractivity contribution in [2.45, 2.75) is 59.5 Å². The third-order valence-corrected chi connectivity index (χ3v) is 3.67. The number of alkyl halides is 1. The van der Waals surface area contributed by atoms with E-state index >= 15 is 0 Å². The summed E-state index contributed by atoms with van der Waals surface area (Å²) in [6, 6.07) is 0. The summed E-state index contributed by atoms with van der Waals surface area (Å²) in [6.45, 7) is 7.45. The van der Waals surface area contributed by atoms with Gasteiger partial charge in [0.2, 0.25) is 0 Å². The smallest absolute Gasteiger partial charge is 0.116 e. The zero-order valence-electron chi connectivity index (χ0n) is 14.0. The van der Waals surface area contributed by atoms with Gasteiger partial charge in [-0.1, -0.05) is 19.4 Å². The van der Waals surface area contributed by atoms with Crippen LogP contribution in [0.25, 0.3) is 0 Å². The van der Waals surface area contributed by atoms with E-state index in [1.54, 1.807) is 6.92 Å². The highest BCUT2D eigenvalue weighted by Crippen LogP contribution is 2.28. The largest absolute Gasteiger partial charge is 0.499 e. The minimum atomic E-state index is -0.693. The van der Waals surface area contributed by atoms with Crippen molar-refractivity contribution in [3.8, 4) is 0 Å². The number of hydrogen-bond acceptors (Lipinski definition) is 2. The predicted molar refractivity (Wildman–Crippen MR) is 83.6 cm³/mol. The van der Waals surface area contributed by atoms with Crippen LogP contribution in [0.4, 0.5) is 8.78 Å². The Hall–Kier alpha value is -0.900. The van der Waals surface area contributed by atoms with Crippen LogP contribution in [0, 0.1) is 5.92 Å². The molecule has 0 rings (SSSR count). The fourth-order valence-corrected chi connectivity index (χ4v) is 2.21. The third-order valence-electron chi connectivity index (χ3n) is 3.67. The Morgan fingerprint density at radius 2 is 1.95 bits per heavy atom. The summed E-state index contributed by atoms with van der Waals surface area (Å²) in [5.41, 5.74) is 0.672. The maximum atomic E-state index is 14.5. The summed E-state index contributed by atoms with van der Waals surface area (Å²) in [7, 11) is 1.43. The van der Waals surface area contributed by atoms with Gasteiger partial charge in [-0.05, 0) is 45.6 Å². The third kappa shape index (κ3) is 7.60. The number of methoxy groups -OCH3 is 1. The Balaban J connectivity index is 4.59. The molecule has 0 fully saturated rings. The maximum Gasteiger partial charge on any atom is 0.116 e. The van der Waals surface area contributed by atoms with E-state index in [2.05, 4.69) is 0 Å². The van der Waals surface area contributed by atoms with Crippen molar-refractivity contribution in [2.24, 2.45) is 5.92 Å². The maximum absolute atomic E-state index is 14.5. The first-order valence-electron chi connectivity index (χ1n) is 7.71. The highest BCUT2D eigenvalue weighted by molar-refractivity contribution is 5.10. The predicted octanol–water partition coefficient (Wildman–Crippen LogP) is 5.35. The van der Waals surface area contributed by atoms with E-state index in [-0.39, 0.29) is 5.83 Å². The van der Waals surface area contributed by atoms with E-state index in [1.807, 2.05) is 26.8 Å². The number of halogens is 2. The molecule has 0 aromatic heterocycles. The van der Waals surface area contributed by atoms with E-state index in [0.717, 1.165) is 18.6 Å². The summed E-state index contributed by atoms with van der Waals surface area (Å²) in [5, 5.41) is 0. The Morgan fingerprint density at radius 3 is 2.43 bits per heavy atom. The molecule has 2 unspecified atom stereocenters. The molecule has 0 aliphatic rings. The molecule has 124 valence electrons. The molecular formula is C17H30F2O2. The quantitative estimate of drug-likeness (QED) is 0.378. The highest BCUT2D eigenvalue weighted by Gasteiger charge is 2.26. The minimum Gasteiger partial charge on any atom is -0.499 e. The number of hydrogen-bond donors (Lipinski definition) is 0. The molecule has 4 heteroatoms. The first-order chi connectivity index (χ1) is 10.0. The molecule has 0 amide bonds. The highest BCUT2D eigenvalue weighted by atomic mass is 19.1. The average Bonchev–Trinajstić information content (AvgIpc) is 2.50. The molecule has 0 spiro atoms. The molecule has 2 atom stereocenters. The number of allylic oxidation sites excluding steroid dienone is 3. The molecule has 0 bridgehead atoms. The second-order valence-corrected chi connectivity index (χ2v) is 5.30. The fraction of sp³-hybridized carbons (Fsp3) is 0.765. The van der Waals surface area contributed by atoms with Gasteiger partial charge in [0, 0.05) is 13.0 Å². The van der Waals surface area contributed by atoms with Gasteiger partial charge >= 0.3 is 0 Å². The molecule has 2 nitrogen and oxygen atoms in total. The van der Waals surface area contributed by atoms with Gasteiger partial charge in [0.1, 0.15) is 12.5 Å². The lowest BCUT2D eigenvalue weighted by molar-refractivity contribution is 0.0335. The van der Waals surface area contributed by atoms with E-state index in [4.69, 9.17) is 9.47 Å². The molecule has 0 N–H and O–H groups in total. The van der Waals surface area contributed by atoms with Gasteiger partial charge in [-0.25, -0.2) is 8.78 Å². The van der Waals surface area contributed by atoms with Crippen LogP contribution in [0.3, 0.4) is 0 Å². The minimum absolute atomic E-state index is 0.218. The van der Waals surface area contributed by atoms with Gasteiger partial charge in [0.25, 0.3) is 0 Å². The monoisotopic (exact) mass is 304 g/mol. The van der Waals surface area contributed by atoms with Gasteiger partial charge in [0.15, 0.2) is 0 Å². The van der Waals surface area contributed by atoms with Gasteiger partial charge in [-0.15, -0.1) is 0 Å². The van der Waals surface area contributed by atoms with Crippen LogP contribution in [-0.4, -0.2) is 26.5 Å². The van der Waals surface area contributed by atoms with Crippen LogP contribution < -0.4 is 0 Å². The first kappa shape index (κ1) is 20.1. The van der Waals surface area contributed by atoms with Crippen molar-refractivity contribution in [1.82, 2.24) is 0 Å². The van der Waals surface area contributed by atoms with E-state index in [9.17, 15) is 8.78 Å². The standard InChI is InChI=1S/C17H30F2O2/c1-6-9-15(16(12-18)20-5)17(19)13(3)10-8-11-21-14(4)7-2/h7,15-16H,6,8-12H2,1-5H3/b14-7-,17-13+. The molecule has 0 saturated heterocycles. The lowest BCUT2D eigenvalue weighted by Crippen LogP contribution is -2.26. The van der Waals surface area contributed by atoms with Crippen LogP contribution in [0.1, 0.15) is 53.4 Å². The summed E-state index contributed by atoms with van der Waals surface area (Å²) in [6.07, 6.45) is 3.96. The van der Waals surface area contributed by atoms with Crippen molar-refractivity contribution in [1.29, 1.82) is 0 Å². The normalized spacial score (nSPS) is 16.4. The van der Waals surface area contributed by atoms with Crippen LogP contribution in [0.15, 0.2) is 23.2 Å². The fourth-order valence-electron chi connectivity index (χ4n) is 2.21. The van der Waals surface area contributed by atoms with Gasteiger partial charge < -0.3 is 9.47 Å². The molecule has 0 aromatic rings. The Labute approximate surface area is 128 Å². The lowest BCUT2D eigenvalue weighted by atomic mass is 9.92. The molecule has 0 aromatic carbocycles. The molecule has 0 saturated carbocycles. The summed E-state index contributed by atoms with van der Waals surface area (Å²) in [5.74, 6) is 0.171. The Bertz CT molecular complexity index is 334. The SMILES string of the molecule is C/C=C(/C)OCCC/C(C)=C(/F)C(CCC)C(CF)OC. The van der Waals surface area contributed by atoms with Crippen molar-refractivity contribution >= 4 is 0 Å². The number of rotatable bonds is 11. The Morgan fingerprint density at radius 1 is 1.29 bits per heavy atom. The molecule has 0 aliphatic carbocycles. The van der Waals surface area contributed by atoms with Gasteiger partial charge in [-0.2, -0.15) is 0 Å². The zero-order chi connectivity index (χ0) is 16.3. The second kappa shape index (κ2) is 11.7. The summed E-state index contributed by atoms with van der Waals surface area (Å²) >= 11 is 0. The Kier molecular flexibility index (Phi) is 11.2. The van der Waals surface area contributed by atoms with Crippen molar-refractivity contribution < 1.29 is 18.3 Å². The van der Waals surface area contributed by atoms with Gasteiger partial charge in [-0.3, -0.25) is 0 Å². The molecule has 21 heavy (non-hydrogen) atoms. The first-order valence-corrected chi connectivity index (χ1v) is 7.71. The van der Waals surface area contributed by atoms with Crippen LogP contribution in [0.5, 0.6) is 0 Å². The van der Waals surface area contributed by atoms with Gasteiger partial charge in [0.05, 0.1) is 18.5 Å². The zero-order valence-corrected chi connectivity index (χ0v) is 14.0. The van der Waals surface area contributed by atoms with E-state index in [1.165, 1.54) is 7.11 Å². The van der Waals surface area contributed by atoms with Crippen molar-refractivity contribution in [2.75, 3.05) is 20.4 Å². The van der Waals surface area contributed by atoms with Crippen LogP contribution in [0.2, 0.25) is 0 Å².